The van der Waals surface area contributed by atoms with Crippen molar-refractivity contribution in [1.29, 1.82) is 0 Å². The molecular formula is C27H33N2O7+. The van der Waals surface area contributed by atoms with E-state index in [4.69, 9.17) is 14.2 Å². The lowest BCUT2D eigenvalue weighted by molar-refractivity contribution is -0.908. The van der Waals surface area contributed by atoms with Crippen molar-refractivity contribution in [3.63, 3.8) is 0 Å². The first kappa shape index (κ1) is 25.5. The molecule has 1 atom stereocenters. The molecule has 2 aliphatic rings. The van der Waals surface area contributed by atoms with Gasteiger partial charge in [-0.05, 0) is 48.4 Å². The molecule has 2 saturated heterocycles. The van der Waals surface area contributed by atoms with Crippen LogP contribution >= 0.6 is 0 Å². The molecule has 2 aromatic rings. The van der Waals surface area contributed by atoms with Crippen LogP contribution in [0.5, 0.6) is 17.2 Å². The van der Waals surface area contributed by atoms with Crippen LogP contribution < -0.4 is 14.4 Å². The fourth-order valence-electron chi connectivity index (χ4n) is 4.91. The van der Waals surface area contributed by atoms with Crippen molar-refractivity contribution in [2.75, 3.05) is 53.6 Å². The molecule has 0 aromatic heterocycles. The largest absolute Gasteiger partial charge is 0.507 e. The molecule has 0 saturated carbocycles. The number of carbonyl (C=O) groups excluding carboxylic acids is 2. The minimum absolute atomic E-state index is 0.0102. The van der Waals surface area contributed by atoms with Gasteiger partial charge in [-0.25, -0.2) is 0 Å². The highest BCUT2D eigenvalue weighted by atomic mass is 16.5. The monoisotopic (exact) mass is 497 g/mol. The van der Waals surface area contributed by atoms with E-state index in [-0.39, 0.29) is 22.8 Å². The smallest absolute Gasteiger partial charge is 0.295 e. The second-order valence-corrected chi connectivity index (χ2v) is 9.07. The Hall–Kier alpha value is -3.56. The summed E-state index contributed by atoms with van der Waals surface area (Å²) in [5.74, 6) is -0.835. The average molecular weight is 498 g/mol. The lowest BCUT2D eigenvalue weighted by Gasteiger charge is -2.28. The Bertz CT molecular complexity index is 1170. The minimum atomic E-state index is -0.818. The summed E-state index contributed by atoms with van der Waals surface area (Å²) < 4.78 is 16.0. The minimum Gasteiger partial charge on any atom is -0.507 e. The highest BCUT2D eigenvalue weighted by Gasteiger charge is 2.46. The zero-order valence-corrected chi connectivity index (χ0v) is 20.9. The number of aliphatic hydroxyl groups is 1. The van der Waals surface area contributed by atoms with Crippen molar-refractivity contribution >= 4 is 17.4 Å². The Balaban J connectivity index is 1.73. The van der Waals surface area contributed by atoms with Gasteiger partial charge in [0.2, 0.25) is 0 Å². The SMILES string of the molecule is COc1ccc(C(O)=C2C(=O)C(=O)N(CCC[NH+]3CCOCC3)C2c2ccc(O)c(OC)c2)cc1C. The van der Waals surface area contributed by atoms with Gasteiger partial charge in [0.05, 0.1) is 45.6 Å². The Kier molecular flexibility index (Phi) is 7.81. The van der Waals surface area contributed by atoms with E-state index < -0.39 is 17.7 Å². The number of carbonyl (C=O) groups is 2. The molecule has 1 amide bonds. The van der Waals surface area contributed by atoms with E-state index in [2.05, 4.69) is 0 Å². The Morgan fingerprint density at radius 3 is 2.47 bits per heavy atom. The number of quaternary nitrogens is 1. The molecule has 0 aliphatic carbocycles. The van der Waals surface area contributed by atoms with Crippen LogP contribution in [0, 0.1) is 6.92 Å². The number of aryl methyl sites for hydroxylation is 1. The van der Waals surface area contributed by atoms with Crippen LogP contribution in [-0.2, 0) is 14.3 Å². The molecule has 36 heavy (non-hydrogen) atoms. The number of methoxy groups -OCH3 is 2. The maximum atomic E-state index is 13.3. The van der Waals surface area contributed by atoms with Crippen LogP contribution in [0.3, 0.4) is 0 Å². The third-order valence-corrected chi connectivity index (χ3v) is 6.86. The first-order valence-corrected chi connectivity index (χ1v) is 12.1. The molecule has 2 fully saturated rings. The van der Waals surface area contributed by atoms with Crippen LogP contribution in [0.4, 0.5) is 0 Å². The number of rotatable bonds is 8. The maximum Gasteiger partial charge on any atom is 0.295 e. The van der Waals surface area contributed by atoms with Gasteiger partial charge in [0.15, 0.2) is 11.5 Å². The molecule has 4 rings (SSSR count). The van der Waals surface area contributed by atoms with Crippen molar-refractivity contribution in [1.82, 2.24) is 4.90 Å². The predicted molar refractivity (Wildman–Crippen MR) is 132 cm³/mol. The number of likely N-dealkylation sites (tertiary alicyclic amines) is 1. The number of aromatic hydroxyl groups is 1. The molecule has 9 heteroatoms. The van der Waals surface area contributed by atoms with E-state index in [1.165, 1.54) is 23.0 Å². The molecular weight excluding hydrogens is 464 g/mol. The summed E-state index contributed by atoms with van der Waals surface area (Å²) in [6, 6.07) is 8.97. The molecule has 0 radical (unpaired) electrons. The number of phenolic OH excluding ortho intramolecular Hbond substituents is 1. The van der Waals surface area contributed by atoms with Gasteiger partial charge in [-0.15, -0.1) is 0 Å². The summed E-state index contributed by atoms with van der Waals surface area (Å²) in [5.41, 5.74) is 1.78. The number of aliphatic hydroxyl groups excluding tert-OH is 1. The van der Waals surface area contributed by atoms with Gasteiger partial charge in [-0.2, -0.15) is 0 Å². The number of Topliss-reactive ketones (excluding diaryl/α,β-unsaturated/α-hetero) is 1. The number of benzene rings is 2. The number of ketones is 1. The van der Waals surface area contributed by atoms with E-state index >= 15 is 0 Å². The molecule has 192 valence electrons. The normalized spacial score (nSPS) is 20.1. The topological polar surface area (TPSA) is 110 Å². The van der Waals surface area contributed by atoms with E-state index in [0.717, 1.165) is 25.2 Å². The van der Waals surface area contributed by atoms with Crippen LogP contribution in [0.2, 0.25) is 0 Å². The Morgan fingerprint density at radius 1 is 1.08 bits per heavy atom. The fraction of sp³-hybridized carbons (Fsp3) is 0.407. The van der Waals surface area contributed by atoms with Gasteiger partial charge in [0.1, 0.15) is 24.6 Å². The van der Waals surface area contributed by atoms with E-state index in [0.29, 0.717) is 43.1 Å². The van der Waals surface area contributed by atoms with Crippen molar-refractivity contribution in [3.8, 4) is 17.2 Å². The third kappa shape index (κ3) is 5.03. The number of hydrogen-bond donors (Lipinski definition) is 3. The molecule has 0 bridgehead atoms. The molecule has 1 unspecified atom stereocenters. The number of hydrogen-bond acceptors (Lipinski definition) is 7. The Labute approximate surface area is 210 Å². The number of phenols is 1. The standard InChI is InChI=1S/C27H32N2O7/c1-17-15-19(6-8-21(17)34-2)25(31)23-24(18-5-7-20(30)22(16-18)35-3)29(27(33)26(23)32)10-4-9-28-11-13-36-14-12-28/h5-8,15-16,24,30-31H,4,9-14H2,1-3H3/p+1. The highest BCUT2D eigenvalue weighted by Crippen LogP contribution is 2.42. The van der Waals surface area contributed by atoms with Crippen LogP contribution in [-0.4, -0.2) is 80.4 Å². The summed E-state index contributed by atoms with van der Waals surface area (Å²) in [4.78, 5) is 29.4. The molecule has 0 spiro atoms. The highest BCUT2D eigenvalue weighted by molar-refractivity contribution is 6.46. The maximum absolute atomic E-state index is 13.3. The van der Waals surface area contributed by atoms with Gasteiger partial charge in [-0.3, -0.25) is 9.59 Å². The van der Waals surface area contributed by atoms with Crippen molar-refractivity contribution < 1.29 is 38.9 Å². The first-order chi connectivity index (χ1) is 17.3. The summed E-state index contributed by atoms with van der Waals surface area (Å²) in [5, 5.41) is 21.4. The van der Waals surface area contributed by atoms with Crippen molar-refractivity contribution in [2.45, 2.75) is 19.4 Å². The van der Waals surface area contributed by atoms with Crippen LogP contribution in [0.15, 0.2) is 42.0 Å². The molecule has 3 N–H and O–H groups in total. The van der Waals surface area contributed by atoms with Gasteiger partial charge in [0, 0.05) is 18.5 Å². The zero-order chi connectivity index (χ0) is 25.8. The van der Waals surface area contributed by atoms with Crippen molar-refractivity contribution in [2.24, 2.45) is 0 Å². The van der Waals surface area contributed by atoms with Gasteiger partial charge >= 0.3 is 0 Å². The van der Waals surface area contributed by atoms with Crippen LogP contribution in [0.1, 0.15) is 29.2 Å². The second kappa shape index (κ2) is 11.0. The molecule has 2 aromatic carbocycles. The molecule has 9 nitrogen and oxygen atoms in total. The number of nitrogens with zero attached hydrogens (tertiary/aromatic N) is 1. The average Bonchev–Trinajstić information content (AvgIpc) is 3.14. The lowest BCUT2D eigenvalue weighted by Crippen LogP contribution is -3.14. The summed E-state index contributed by atoms with van der Waals surface area (Å²) >= 11 is 0. The number of nitrogens with one attached hydrogen (secondary N) is 1. The van der Waals surface area contributed by atoms with Gasteiger partial charge in [-0.1, -0.05) is 6.07 Å². The quantitative estimate of drug-likeness (QED) is 0.288. The first-order valence-electron chi connectivity index (χ1n) is 12.1. The van der Waals surface area contributed by atoms with Crippen molar-refractivity contribution in [3.05, 3.63) is 58.7 Å². The van der Waals surface area contributed by atoms with E-state index in [1.54, 1.807) is 37.4 Å². The lowest BCUT2D eigenvalue weighted by atomic mass is 9.94. The second-order valence-electron chi connectivity index (χ2n) is 9.07. The molecule has 2 heterocycles. The fourth-order valence-corrected chi connectivity index (χ4v) is 4.91. The molecule has 2 aliphatic heterocycles. The zero-order valence-electron chi connectivity index (χ0n) is 20.9. The van der Waals surface area contributed by atoms with Crippen LogP contribution in [0.25, 0.3) is 5.76 Å². The van der Waals surface area contributed by atoms with Gasteiger partial charge in [0.25, 0.3) is 11.7 Å². The number of morpholine rings is 1. The summed E-state index contributed by atoms with van der Waals surface area (Å²) in [6.45, 7) is 6.28. The summed E-state index contributed by atoms with van der Waals surface area (Å²) in [6.07, 6.45) is 0.690. The number of amides is 1. The number of ether oxygens (including phenoxy) is 3. The van der Waals surface area contributed by atoms with Gasteiger partial charge < -0.3 is 34.2 Å². The van der Waals surface area contributed by atoms with E-state index in [1.807, 2.05) is 6.92 Å². The Morgan fingerprint density at radius 2 is 1.81 bits per heavy atom. The van der Waals surface area contributed by atoms with E-state index in [9.17, 15) is 19.8 Å². The summed E-state index contributed by atoms with van der Waals surface area (Å²) in [7, 11) is 2.99. The predicted octanol–water partition coefficient (Wildman–Crippen LogP) is 1.44. The third-order valence-electron chi connectivity index (χ3n) is 6.86.